The van der Waals surface area contributed by atoms with E-state index >= 15 is 0 Å². The van der Waals surface area contributed by atoms with Crippen LogP contribution in [-0.2, 0) is 9.53 Å². The third kappa shape index (κ3) is 3.43. The summed E-state index contributed by atoms with van der Waals surface area (Å²) in [7, 11) is 1.29. The number of hydrogen-bond acceptors (Lipinski definition) is 6. The Morgan fingerprint density at radius 1 is 1.25 bits per heavy atom. The zero-order valence-corrected chi connectivity index (χ0v) is 17.1. The SMILES string of the molecule is COC(=O)c1sc2ncn([C@@H](C)C(=O)Nc3ccc(C)cc3C)c(=O)c2c1C. The highest BCUT2D eigenvalue weighted by molar-refractivity contribution is 7.20. The van der Waals surface area contributed by atoms with Crippen LogP contribution in [0, 0.1) is 20.8 Å². The molecule has 146 valence electrons. The predicted molar refractivity (Wildman–Crippen MR) is 109 cm³/mol. The van der Waals surface area contributed by atoms with Gasteiger partial charge in [0.05, 0.1) is 18.8 Å². The molecule has 0 aliphatic rings. The van der Waals surface area contributed by atoms with Crippen molar-refractivity contribution in [1.82, 2.24) is 9.55 Å². The molecular weight excluding hydrogens is 378 g/mol. The van der Waals surface area contributed by atoms with E-state index in [4.69, 9.17) is 4.74 Å². The van der Waals surface area contributed by atoms with Gasteiger partial charge in [-0.15, -0.1) is 11.3 Å². The van der Waals surface area contributed by atoms with Crippen molar-refractivity contribution in [3.8, 4) is 0 Å². The minimum atomic E-state index is -0.772. The first-order valence-corrected chi connectivity index (χ1v) is 9.53. The summed E-state index contributed by atoms with van der Waals surface area (Å²) in [4.78, 5) is 42.6. The van der Waals surface area contributed by atoms with Gasteiger partial charge < -0.3 is 10.1 Å². The highest BCUT2D eigenvalue weighted by Gasteiger charge is 2.23. The van der Waals surface area contributed by atoms with Crippen LogP contribution in [0.2, 0.25) is 0 Å². The maximum atomic E-state index is 13.0. The summed E-state index contributed by atoms with van der Waals surface area (Å²) in [5.74, 6) is -0.830. The molecule has 1 aromatic carbocycles. The lowest BCUT2D eigenvalue weighted by Crippen LogP contribution is -2.32. The molecule has 0 fully saturated rings. The van der Waals surface area contributed by atoms with E-state index in [1.54, 1.807) is 13.8 Å². The van der Waals surface area contributed by atoms with Gasteiger partial charge in [0.25, 0.3) is 5.56 Å². The summed E-state index contributed by atoms with van der Waals surface area (Å²) in [5.41, 5.74) is 2.89. The number of aromatic nitrogens is 2. The average molecular weight is 399 g/mol. The molecule has 28 heavy (non-hydrogen) atoms. The van der Waals surface area contributed by atoms with Crippen LogP contribution in [-0.4, -0.2) is 28.5 Å². The van der Waals surface area contributed by atoms with E-state index in [2.05, 4.69) is 10.3 Å². The van der Waals surface area contributed by atoms with E-state index < -0.39 is 12.0 Å². The topological polar surface area (TPSA) is 90.3 Å². The monoisotopic (exact) mass is 399 g/mol. The van der Waals surface area contributed by atoms with Crippen molar-refractivity contribution in [3.63, 3.8) is 0 Å². The fourth-order valence-electron chi connectivity index (χ4n) is 3.02. The Balaban J connectivity index is 1.97. The van der Waals surface area contributed by atoms with E-state index in [-0.39, 0.29) is 11.5 Å². The number of aryl methyl sites for hydroxylation is 3. The minimum Gasteiger partial charge on any atom is -0.465 e. The number of nitrogens with one attached hydrogen (secondary N) is 1. The number of carbonyl (C=O) groups excluding carboxylic acids is 2. The maximum absolute atomic E-state index is 13.0. The van der Waals surface area contributed by atoms with Gasteiger partial charge in [-0.05, 0) is 44.9 Å². The highest BCUT2D eigenvalue weighted by atomic mass is 32.1. The second kappa shape index (κ2) is 7.55. The molecule has 1 N–H and O–H groups in total. The van der Waals surface area contributed by atoms with Crippen molar-refractivity contribution >= 4 is 39.1 Å². The molecule has 0 saturated heterocycles. The zero-order valence-electron chi connectivity index (χ0n) is 16.3. The van der Waals surface area contributed by atoms with Gasteiger partial charge in [-0.1, -0.05) is 17.7 Å². The first-order chi connectivity index (χ1) is 13.2. The van der Waals surface area contributed by atoms with Crippen LogP contribution in [0.5, 0.6) is 0 Å². The van der Waals surface area contributed by atoms with Crippen LogP contribution in [0.3, 0.4) is 0 Å². The number of thiophene rings is 1. The van der Waals surface area contributed by atoms with Crippen molar-refractivity contribution in [2.24, 2.45) is 0 Å². The van der Waals surface area contributed by atoms with Crippen LogP contribution >= 0.6 is 11.3 Å². The van der Waals surface area contributed by atoms with E-state index in [0.717, 1.165) is 22.5 Å². The number of ether oxygens (including phenoxy) is 1. The van der Waals surface area contributed by atoms with Crippen LogP contribution in [0.25, 0.3) is 10.2 Å². The number of amides is 1. The Kier molecular flexibility index (Phi) is 5.33. The first-order valence-electron chi connectivity index (χ1n) is 8.71. The average Bonchev–Trinajstić information content (AvgIpc) is 3.00. The summed E-state index contributed by atoms with van der Waals surface area (Å²) < 4.78 is 6.04. The second-order valence-corrected chi connectivity index (χ2v) is 7.67. The standard InChI is InChI=1S/C20H21N3O4S/c1-10-6-7-14(11(2)8-10)22-17(24)13(4)23-9-21-18-15(19(23)25)12(3)16(28-18)20(26)27-5/h6-9,13H,1-5H3,(H,22,24)/t13-/m0/s1. The smallest absolute Gasteiger partial charge is 0.348 e. The molecule has 3 aromatic rings. The molecule has 8 heteroatoms. The van der Waals surface area contributed by atoms with Gasteiger partial charge >= 0.3 is 5.97 Å². The van der Waals surface area contributed by atoms with Crippen LogP contribution in [0.4, 0.5) is 5.69 Å². The number of anilines is 1. The largest absolute Gasteiger partial charge is 0.465 e. The quantitative estimate of drug-likeness (QED) is 0.680. The predicted octanol–water partition coefficient (Wildman–Crippen LogP) is 3.37. The Morgan fingerprint density at radius 3 is 2.61 bits per heavy atom. The summed E-state index contributed by atoms with van der Waals surface area (Å²) in [6.45, 7) is 7.21. The van der Waals surface area contributed by atoms with Gasteiger partial charge in [-0.25, -0.2) is 9.78 Å². The first kappa shape index (κ1) is 19.8. The number of fused-ring (bicyclic) bond motifs is 1. The van der Waals surface area contributed by atoms with Crippen LogP contribution in [0.1, 0.15) is 39.3 Å². The summed E-state index contributed by atoms with van der Waals surface area (Å²) in [6.07, 6.45) is 1.34. The lowest BCUT2D eigenvalue weighted by Gasteiger charge is -2.16. The van der Waals surface area contributed by atoms with Gasteiger partial charge in [0.1, 0.15) is 15.7 Å². The summed E-state index contributed by atoms with van der Waals surface area (Å²) in [6, 6.07) is 4.95. The number of carbonyl (C=O) groups is 2. The van der Waals surface area contributed by atoms with E-state index in [0.29, 0.717) is 26.3 Å². The molecule has 0 saturated carbocycles. The zero-order chi connectivity index (χ0) is 20.6. The fraction of sp³-hybridized carbons (Fsp3) is 0.300. The third-order valence-electron chi connectivity index (χ3n) is 4.68. The van der Waals surface area contributed by atoms with Crippen LogP contribution < -0.4 is 10.9 Å². The molecule has 2 heterocycles. The molecule has 7 nitrogen and oxygen atoms in total. The van der Waals surface area contributed by atoms with Crippen molar-refractivity contribution in [1.29, 1.82) is 0 Å². The molecule has 0 unspecified atom stereocenters. The second-order valence-electron chi connectivity index (χ2n) is 6.67. The Hall–Kier alpha value is -3.00. The molecule has 0 aliphatic carbocycles. The number of hydrogen-bond donors (Lipinski definition) is 1. The molecule has 0 bridgehead atoms. The molecule has 3 rings (SSSR count). The lowest BCUT2D eigenvalue weighted by atomic mass is 10.1. The Labute approximate surface area is 166 Å². The van der Waals surface area contributed by atoms with Gasteiger partial charge in [0, 0.05) is 5.69 Å². The number of nitrogens with zero attached hydrogens (tertiary/aromatic N) is 2. The molecular formula is C20H21N3O4S. The van der Waals surface area contributed by atoms with E-state index in [1.807, 2.05) is 32.0 Å². The van der Waals surface area contributed by atoms with Gasteiger partial charge in [-0.2, -0.15) is 0 Å². The normalized spacial score (nSPS) is 12.0. The number of methoxy groups -OCH3 is 1. The number of rotatable bonds is 4. The Bertz CT molecular complexity index is 1150. The maximum Gasteiger partial charge on any atom is 0.348 e. The van der Waals surface area contributed by atoms with Gasteiger partial charge in [-0.3, -0.25) is 14.2 Å². The number of benzene rings is 1. The molecule has 0 aliphatic heterocycles. The van der Waals surface area contributed by atoms with Crippen molar-refractivity contribution in [3.05, 3.63) is 56.4 Å². The van der Waals surface area contributed by atoms with Crippen LogP contribution in [0.15, 0.2) is 29.3 Å². The van der Waals surface area contributed by atoms with Crippen molar-refractivity contribution in [2.75, 3.05) is 12.4 Å². The molecule has 0 radical (unpaired) electrons. The number of esters is 1. The molecule has 1 amide bonds. The van der Waals surface area contributed by atoms with Gasteiger partial charge in [0.15, 0.2) is 0 Å². The third-order valence-corrected chi connectivity index (χ3v) is 5.86. The highest BCUT2D eigenvalue weighted by Crippen LogP contribution is 2.27. The fourth-order valence-corrected chi connectivity index (χ4v) is 4.08. The minimum absolute atomic E-state index is 0.323. The van der Waals surface area contributed by atoms with Gasteiger partial charge in [0.2, 0.25) is 5.91 Å². The summed E-state index contributed by atoms with van der Waals surface area (Å²) >= 11 is 1.11. The molecule has 1 atom stereocenters. The van der Waals surface area contributed by atoms with Crippen molar-refractivity contribution in [2.45, 2.75) is 33.7 Å². The molecule has 2 aromatic heterocycles. The van der Waals surface area contributed by atoms with E-state index in [9.17, 15) is 14.4 Å². The summed E-state index contributed by atoms with van der Waals surface area (Å²) in [5, 5.41) is 3.19. The lowest BCUT2D eigenvalue weighted by molar-refractivity contribution is -0.118. The van der Waals surface area contributed by atoms with Crippen molar-refractivity contribution < 1.29 is 14.3 Å². The van der Waals surface area contributed by atoms with E-state index in [1.165, 1.54) is 18.0 Å². The Morgan fingerprint density at radius 2 is 1.96 bits per heavy atom. The molecule has 0 spiro atoms.